The number of esters is 1. The standard InChI is InChI=1S/C15H17F2NO7S2/c1-18(11-6-7-26(21,22)9-11)13(19)8-25-14(20)10-2-4-12(5-3-10)27(23,24)15(16)17/h2-5,11,15H,6-9H2,1H3/t11-/m1/s1. The van der Waals surface area contributed by atoms with E-state index in [1.807, 2.05) is 0 Å². The number of hydrogen-bond donors (Lipinski definition) is 0. The van der Waals surface area contributed by atoms with Crippen LogP contribution in [0.3, 0.4) is 0 Å². The van der Waals surface area contributed by atoms with Gasteiger partial charge in [0.15, 0.2) is 16.4 Å². The van der Waals surface area contributed by atoms with Crippen LogP contribution in [0.25, 0.3) is 0 Å². The maximum Gasteiger partial charge on any atom is 0.341 e. The third kappa shape index (κ3) is 5.01. The maximum absolute atomic E-state index is 12.5. The molecule has 150 valence electrons. The Morgan fingerprint density at radius 1 is 1.26 bits per heavy atom. The van der Waals surface area contributed by atoms with Crippen molar-refractivity contribution in [2.75, 3.05) is 25.2 Å². The molecule has 1 aliphatic rings. The number of carbonyl (C=O) groups excluding carboxylic acids is 2. The van der Waals surface area contributed by atoms with Crippen molar-refractivity contribution in [2.24, 2.45) is 0 Å². The lowest BCUT2D eigenvalue weighted by atomic mass is 10.2. The summed E-state index contributed by atoms with van der Waals surface area (Å²) in [6, 6.07) is 3.19. The number of hydrogen-bond acceptors (Lipinski definition) is 7. The van der Waals surface area contributed by atoms with Crippen molar-refractivity contribution in [3.8, 4) is 0 Å². The monoisotopic (exact) mass is 425 g/mol. The molecule has 1 aromatic carbocycles. The molecule has 0 radical (unpaired) electrons. The summed E-state index contributed by atoms with van der Waals surface area (Å²) in [7, 11) is -6.54. The Hall–Kier alpha value is -2.08. The lowest BCUT2D eigenvalue weighted by Crippen LogP contribution is -2.40. The molecular formula is C15H17F2NO7S2. The molecule has 1 aromatic rings. The summed E-state index contributed by atoms with van der Waals surface area (Å²) in [6.45, 7) is -0.636. The Kier molecular flexibility index (Phi) is 6.20. The van der Waals surface area contributed by atoms with Crippen molar-refractivity contribution in [3.63, 3.8) is 0 Å². The molecule has 1 heterocycles. The Morgan fingerprint density at radius 3 is 2.33 bits per heavy atom. The highest BCUT2D eigenvalue weighted by atomic mass is 32.2. The number of sulfone groups is 2. The first-order chi connectivity index (χ1) is 12.4. The predicted molar refractivity (Wildman–Crippen MR) is 89.7 cm³/mol. The highest BCUT2D eigenvalue weighted by Crippen LogP contribution is 2.19. The summed E-state index contributed by atoms with van der Waals surface area (Å²) in [5.41, 5.74) is -0.123. The summed E-state index contributed by atoms with van der Waals surface area (Å²) in [5, 5.41) is 0. The Labute approximate surface area is 154 Å². The highest BCUT2D eigenvalue weighted by molar-refractivity contribution is 7.92. The van der Waals surface area contributed by atoms with E-state index in [9.17, 15) is 35.2 Å². The molecule has 2 rings (SSSR count). The fourth-order valence-corrected chi connectivity index (χ4v) is 4.98. The first kappa shape index (κ1) is 21.2. The second-order valence-electron chi connectivity index (χ2n) is 5.97. The molecule has 0 aromatic heterocycles. The summed E-state index contributed by atoms with van der Waals surface area (Å²) >= 11 is 0. The van der Waals surface area contributed by atoms with Crippen LogP contribution >= 0.6 is 0 Å². The van der Waals surface area contributed by atoms with E-state index in [1.165, 1.54) is 11.9 Å². The van der Waals surface area contributed by atoms with E-state index in [-0.39, 0.29) is 17.1 Å². The first-order valence-electron chi connectivity index (χ1n) is 7.69. The third-order valence-corrected chi connectivity index (χ3v) is 7.28. The van der Waals surface area contributed by atoms with Gasteiger partial charge in [-0.3, -0.25) is 4.79 Å². The second-order valence-corrected chi connectivity index (χ2v) is 10.1. The molecule has 8 nitrogen and oxygen atoms in total. The number of rotatable bonds is 6. The van der Waals surface area contributed by atoms with Gasteiger partial charge >= 0.3 is 11.7 Å². The van der Waals surface area contributed by atoms with Crippen LogP contribution in [-0.2, 0) is 29.2 Å². The van der Waals surface area contributed by atoms with E-state index in [2.05, 4.69) is 0 Å². The molecular weight excluding hydrogens is 408 g/mol. The van der Waals surface area contributed by atoms with Gasteiger partial charge in [-0.25, -0.2) is 21.6 Å². The Morgan fingerprint density at radius 2 is 1.85 bits per heavy atom. The molecule has 0 bridgehead atoms. The molecule has 1 fully saturated rings. The van der Waals surface area contributed by atoms with Gasteiger partial charge in [0, 0.05) is 13.1 Å². The molecule has 0 aliphatic carbocycles. The normalized spacial score (nSPS) is 19.0. The van der Waals surface area contributed by atoms with Crippen molar-refractivity contribution in [2.45, 2.75) is 23.1 Å². The Bertz CT molecular complexity index is 927. The number of carbonyl (C=O) groups is 2. The van der Waals surface area contributed by atoms with Crippen LogP contribution in [0, 0.1) is 0 Å². The Balaban J connectivity index is 1.95. The van der Waals surface area contributed by atoms with E-state index in [0.717, 1.165) is 24.3 Å². The van der Waals surface area contributed by atoms with Gasteiger partial charge in [-0.2, -0.15) is 8.78 Å². The smallest absolute Gasteiger partial charge is 0.341 e. The van der Waals surface area contributed by atoms with Gasteiger partial charge in [0.1, 0.15) is 0 Å². The van der Waals surface area contributed by atoms with Crippen molar-refractivity contribution < 1.29 is 39.9 Å². The molecule has 0 N–H and O–H groups in total. The molecule has 27 heavy (non-hydrogen) atoms. The molecule has 0 spiro atoms. The molecule has 0 unspecified atom stereocenters. The number of alkyl halides is 2. The van der Waals surface area contributed by atoms with Gasteiger partial charge in [-0.15, -0.1) is 0 Å². The van der Waals surface area contributed by atoms with Crippen molar-refractivity contribution in [1.29, 1.82) is 0 Å². The van der Waals surface area contributed by atoms with Gasteiger partial charge in [0.25, 0.3) is 5.91 Å². The van der Waals surface area contributed by atoms with Crippen molar-refractivity contribution >= 4 is 31.6 Å². The zero-order valence-electron chi connectivity index (χ0n) is 14.2. The SMILES string of the molecule is CN(C(=O)COC(=O)c1ccc(S(=O)(=O)C(F)F)cc1)[C@@H]1CCS(=O)(=O)C1. The van der Waals surface area contributed by atoms with Crippen LogP contribution in [0.2, 0.25) is 0 Å². The van der Waals surface area contributed by atoms with E-state index in [0.29, 0.717) is 6.42 Å². The first-order valence-corrected chi connectivity index (χ1v) is 11.1. The van der Waals surface area contributed by atoms with Crippen LogP contribution in [0.1, 0.15) is 16.8 Å². The van der Waals surface area contributed by atoms with E-state index >= 15 is 0 Å². The minimum Gasteiger partial charge on any atom is -0.452 e. The van der Waals surface area contributed by atoms with Crippen LogP contribution in [0.15, 0.2) is 29.2 Å². The summed E-state index contributed by atoms with van der Waals surface area (Å²) in [5.74, 6) is -5.28. The van der Waals surface area contributed by atoms with Gasteiger partial charge < -0.3 is 9.64 Å². The third-order valence-electron chi connectivity index (χ3n) is 4.13. The lowest BCUT2D eigenvalue weighted by Gasteiger charge is -2.23. The number of benzene rings is 1. The van der Waals surface area contributed by atoms with Gasteiger partial charge in [0.05, 0.1) is 22.0 Å². The van der Waals surface area contributed by atoms with E-state index < -0.39 is 54.9 Å². The summed E-state index contributed by atoms with van der Waals surface area (Å²) in [6.07, 6.45) is 0.304. The quantitative estimate of drug-likeness (QED) is 0.609. The predicted octanol–water partition coefficient (Wildman–Crippen LogP) is 0.485. The van der Waals surface area contributed by atoms with Gasteiger partial charge in [-0.1, -0.05) is 0 Å². The topological polar surface area (TPSA) is 115 Å². The number of ether oxygens (including phenoxy) is 1. The molecule has 1 atom stereocenters. The molecule has 0 saturated carbocycles. The van der Waals surface area contributed by atoms with Gasteiger partial charge in [-0.05, 0) is 30.7 Å². The zero-order valence-corrected chi connectivity index (χ0v) is 15.8. The van der Waals surface area contributed by atoms with Crippen LogP contribution in [0.5, 0.6) is 0 Å². The average molecular weight is 425 g/mol. The van der Waals surface area contributed by atoms with E-state index in [1.54, 1.807) is 0 Å². The summed E-state index contributed by atoms with van der Waals surface area (Å²) in [4.78, 5) is 24.5. The number of amides is 1. The minimum atomic E-state index is -4.77. The van der Waals surface area contributed by atoms with Crippen LogP contribution in [-0.4, -0.2) is 70.6 Å². The molecule has 1 aliphatic heterocycles. The lowest BCUT2D eigenvalue weighted by molar-refractivity contribution is -0.134. The van der Waals surface area contributed by atoms with Gasteiger partial charge in [0.2, 0.25) is 9.84 Å². The number of nitrogens with zero attached hydrogens (tertiary/aromatic N) is 1. The van der Waals surface area contributed by atoms with Crippen molar-refractivity contribution in [1.82, 2.24) is 4.90 Å². The number of halogens is 2. The maximum atomic E-state index is 12.5. The largest absolute Gasteiger partial charge is 0.452 e. The molecule has 1 saturated heterocycles. The van der Waals surface area contributed by atoms with Crippen molar-refractivity contribution in [3.05, 3.63) is 29.8 Å². The fourth-order valence-electron chi connectivity index (χ4n) is 2.48. The second kappa shape index (κ2) is 7.89. The zero-order chi connectivity index (χ0) is 20.4. The summed E-state index contributed by atoms with van der Waals surface area (Å²) < 4.78 is 75.3. The van der Waals surface area contributed by atoms with Crippen LogP contribution in [0.4, 0.5) is 8.78 Å². The highest BCUT2D eigenvalue weighted by Gasteiger charge is 2.33. The molecule has 12 heteroatoms. The van der Waals surface area contributed by atoms with E-state index in [4.69, 9.17) is 4.74 Å². The fraction of sp³-hybridized carbons (Fsp3) is 0.467. The van der Waals surface area contributed by atoms with Crippen LogP contribution < -0.4 is 0 Å². The minimum absolute atomic E-state index is 0.0110. The number of likely N-dealkylation sites (N-methyl/N-ethyl adjacent to an activating group) is 1. The average Bonchev–Trinajstić information content (AvgIpc) is 2.98. The molecule has 1 amide bonds.